The topological polar surface area (TPSA) is 41.1 Å². The molecular formula is C14H26N2O. The van der Waals surface area contributed by atoms with Crippen LogP contribution in [0.3, 0.4) is 0 Å². The average Bonchev–Trinajstić information content (AvgIpc) is 3.10. The smallest absolute Gasteiger partial charge is 0.237 e. The van der Waals surface area contributed by atoms with E-state index in [-0.39, 0.29) is 11.9 Å². The summed E-state index contributed by atoms with van der Waals surface area (Å²) in [6.45, 7) is 4.31. The molecule has 0 bridgehead atoms. The lowest BCUT2D eigenvalue weighted by atomic mass is 9.96. The summed E-state index contributed by atoms with van der Waals surface area (Å²) in [6, 6.07) is 0.955. The van der Waals surface area contributed by atoms with E-state index in [0.717, 1.165) is 12.8 Å². The zero-order valence-corrected chi connectivity index (χ0v) is 11.2. The van der Waals surface area contributed by atoms with Crippen LogP contribution in [-0.4, -0.2) is 24.0 Å². The summed E-state index contributed by atoms with van der Waals surface area (Å²) < 4.78 is 0. The molecule has 2 N–H and O–H groups in total. The molecule has 98 valence electrons. The average molecular weight is 238 g/mol. The van der Waals surface area contributed by atoms with E-state index >= 15 is 0 Å². The number of hydrogen-bond acceptors (Lipinski definition) is 2. The van der Waals surface area contributed by atoms with Gasteiger partial charge in [-0.1, -0.05) is 26.2 Å². The van der Waals surface area contributed by atoms with Crippen LogP contribution in [0, 0.1) is 5.92 Å². The Bertz CT molecular complexity index is 263. The van der Waals surface area contributed by atoms with Crippen LogP contribution >= 0.6 is 0 Å². The molecule has 0 saturated heterocycles. The summed E-state index contributed by atoms with van der Waals surface area (Å²) in [5.74, 6) is 0.887. The summed E-state index contributed by atoms with van der Waals surface area (Å²) in [5, 5.41) is 6.60. The number of carbonyl (C=O) groups excluding carboxylic acids is 1. The molecule has 0 aromatic rings. The van der Waals surface area contributed by atoms with Gasteiger partial charge in [-0.2, -0.15) is 0 Å². The fourth-order valence-electron chi connectivity index (χ4n) is 2.69. The first-order valence-electron chi connectivity index (χ1n) is 7.23. The third kappa shape index (κ3) is 3.98. The Morgan fingerprint density at radius 3 is 2.53 bits per heavy atom. The van der Waals surface area contributed by atoms with Crippen molar-refractivity contribution in [1.82, 2.24) is 10.6 Å². The summed E-state index contributed by atoms with van der Waals surface area (Å²) >= 11 is 0. The summed E-state index contributed by atoms with van der Waals surface area (Å²) in [6.07, 6.45) is 8.86. The van der Waals surface area contributed by atoms with Crippen molar-refractivity contribution in [2.24, 2.45) is 5.92 Å². The van der Waals surface area contributed by atoms with Crippen molar-refractivity contribution in [2.75, 3.05) is 0 Å². The third-order valence-corrected chi connectivity index (χ3v) is 4.14. The van der Waals surface area contributed by atoms with E-state index < -0.39 is 0 Å². The molecule has 17 heavy (non-hydrogen) atoms. The van der Waals surface area contributed by atoms with Gasteiger partial charge in [0.05, 0.1) is 6.04 Å². The number of hydrogen-bond donors (Lipinski definition) is 2. The van der Waals surface area contributed by atoms with Crippen LogP contribution in [0.1, 0.15) is 58.8 Å². The molecule has 2 aliphatic rings. The number of amides is 1. The predicted molar refractivity (Wildman–Crippen MR) is 69.8 cm³/mol. The first-order valence-corrected chi connectivity index (χ1v) is 7.23. The molecule has 2 saturated carbocycles. The van der Waals surface area contributed by atoms with E-state index in [4.69, 9.17) is 0 Å². The number of rotatable bonds is 4. The highest BCUT2D eigenvalue weighted by atomic mass is 16.2. The summed E-state index contributed by atoms with van der Waals surface area (Å²) in [5.41, 5.74) is 0. The molecule has 3 heteroatoms. The van der Waals surface area contributed by atoms with Crippen molar-refractivity contribution in [2.45, 2.75) is 76.9 Å². The maximum atomic E-state index is 11.9. The number of carbonyl (C=O) groups is 1. The van der Waals surface area contributed by atoms with Crippen molar-refractivity contribution in [3.05, 3.63) is 0 Å². The molecule has 0 radical (unpaired) electrons. The Morgan fingerprint density at radius 2 is 1.82 bits per heavy atom. The van der Waals surface area contributed by atoms with Crippen LogP contribution in [0.5, 0.6) is 0 Å². The van der Waals surface area contributed by atoms with Crippen LogP contribution in [-0.2, 0) is 4.79 Å². The van der Waals surface area contributed by atoms with Crippen molar-refractivity contribution >= 4 is 5.91 Å². The van der Waals surface area contributed by atoms with E-state index in [9.17, 15) is 4.79 Å². The van der Waals surface area contributed by atoms with Crippen LogP contribution < -0.4 is 10.6 Å². The highest BCUT2D eigenvalue weighted by molar-refractivity contribution is 5.81. The fraction of sp³-hybridized carbons (Fsp3) is 0.929. The number of nitrogens with one attached hydrogen (secondary N) is 2. The highest BCUT2D eigenvalue weighted by Gasteiger charge is 2.28. The molecule has 2 rings (SSSR count). The molecule has 0 aromatic carbocycles. The van der Waals surface area contributed by atoms with Crippen LogP contribution in [0.4, 0.5) is 0 Å². The van der Waals surface area contributed by atoms with E-state index in [1.165, 1.54) is 32.1 Å². The molecule has 1 amide bonds. The Morgan fingerprint density at radius 1 is 1.12 bits per heavy atom. The lowest BCUT2D eigenvalue weighted by Crippen LogP contribution is -2.48. The van der Waals surface area contributed by atoms with Gasteiger partial charge in [-0.15, -0.1) is 0 Å². The largest absolute Gasteiger partial charge is 0.352 e. The van der Waals surface area contributed by atoms with Gasteiger partial charge in [0.25, 0.3) is 0 Å². The second-order valence-corrected chi connectivity index (χ2v) is 5.89. The van der Waals surface area contributed by atoms with Crippen molar-refractivity contribution in [3.63, 3.8) is 0 Å². The lowest BCUT2D eigenvalue weighted by Gasteiger charge is -2.26. The molecule has 0 spiro atoms. The van der Waals surface area contributed by atoms with Crippen molar-refractivity contribution < 1.29 is 4.79 Å². The second-order valence-electron chi connectivity index (χ2n) is 5.89. The van der Waals surface area contributed by atoms with Gasteiger partial charge in [-0.25, -0.2) is 0 Å². The van der Waals surface area contributed by atoms with Gasteiger partial charge < -0.3 is 10.6 Å². The van der Waals surface area contributed by atoms with Gasteiger partial charge in [0.1, 0.15) is 0 Å². The minimum Gasteiger partial charge on any atom is -0.352 e. The van der Waals surface area contributed by atoms with E-state index in [0.29, 0.717) is 18.0 Å². The van der Waals surface area contributed by atoms with Crippen molar-refractivity contribution in [3.8, 4) is 0 Å². The van der Waals surface area contributed by atoms with Crippen LogP contribution in [0.25, 0.3) is 0 Å². The van der Waals surface area contributed by atoms with Gasteiger partial charge >= 0.3 is 0 Å². The first-order chi connectivity index (χ1) is 8.16. The van der Waals surface area contributed by atoms with Crippen LogP contribution in [0.15, 0.2) is 0 Å². The highest BCUT2D eigenvalue weighted by Crippen LogP contribution is 2.23. The van der Waals surface area contributed by atoms with Crippen LogP contribution in [0.2, 0.25) is 0 Å². The molecule has 0 heterocycles. The predicted octanol–water partition coefficient (Wildman–Crippen LogP) is 2.21. The minimum atomic E-state index is -0.0406. The quantitative estimate of drug-likeness (QED) is 0.737. The molecule has 0 aromatic heterocycles. The van der Waals surface area contributed by atoms with Gasteiger partial charge in [-0.05, 0) is 38.5 Å². The Labute approximate surface area is 105 Å². The SMILES string of the molecule is CC(NC1CCCCCC1C)C(=O)NC1CC1. The van der Waals surface area contributed by atoms with E-state index in [1.807, 2.05) is 6.92 Å². The maximum absolute atomic E-state index is 11.9. The molecule has 2 fully saturated rings. The van der Waals surface area contributed by atoms with Gasteiger partial charge in [-0.3, -0.25) is 4.79 Å². The first kappa shape index (κ1) is 12.9. The second kappa shape index (κ2) is 5.85. The van der Waals surface area contributed by atoms with Gasteiger partial charge in [0, 0.05) is 12.1 Å². The maximum Gasteiger partial charge on any atom is 0.237 e. The standard InChI is InChI=1S/C14H26N2O/c1-10-6-4-3-5-7-13(10)15-11(2)14(17)16-12-8-9-12/h10-13,15H,3-9H2,1-2H3,(H,16,17). The van der Waals surface area contributed by atoms with Crippen molar-refractivity contribution in [1.29, 1.82) is 0 Å². The Kier molecular flexibility index (Phi) is 4.43. The molecule has 3 nitrogen and oxygen atoms in total. The van der Waals surface area contributed by atoms with E-state index in [1.54, 1.807) is 0 Å². The molecular weight excluding hydrogens is 212 g/mol. The van der Waals surface area contributed by atoms with Gasteiger partial charge in [0.15, 0.2) is 0 Å². The summed E-state index contributed by atoms with van der Waals surface area (Å²) in [4.78, 5) is 11.9. The normalized spacial score (nSPS) is 31.6. The minimum absolute atomic E-state index is 0.0406. The Hall–Kier alpha value is -0.570. The molecule has 3 atom stereocenters. The summed E-state index contributed by atoms with van der Waals surface area (Å²) in [7, 11) is 0. The zero-order chi connectivity index (χ0) is 12.3. The lowest BCUT2D eigenvalue weighted by molar-refractivity contribution is -0.123. The zero-order valence-electron chi connectivity index (χ0n) is 11.2. The molecule has 0 aliphatic heterocycles. The third-order valence-electron chi connectivity index (χ3n) is 4.14. The fourth-order valence-corrected chi connectivity index (χ4v) is 2.69. The van der Waals surface area contributed by atoms with Gasteiger partial charge in [0.2, 0.25) is 5.91 Å². The Balaban J connectivity index is 1.78. The monoisotopic (exact) mass is 238 g/mol. The molecule has 2 aliphatic carbocycles. The van der Waals surface area contributed by atoms with E-state index in [2.05, 4.69) is 17.6 Å². The molecule has 3 unspecified atom stereocenters.